The highest BCUT2D eigenvalue weighted by molar-refractivity contribution is 6.33. The van der Waals surface area contributed by atoms with Crippen molar-refractivity contribution in [2.24, 2.45) is 0 Å². The summed E-state index contributed by atoms with van der Waals surface area (Å²) in [6.45, 7) is 8.76. The lowest BCUT2D eigenvalue weighted by Crippen LogP contribution is -2.48. The number of aromatic nitrogens is 1. The largest absolute Gasteiger partial charge is 0.444 e. The summed E-state index contributed by atoms with van der Waals surface area (Å²) in [5.41, 5.74) is 2.14. The van der Waals surface area contributed by atoms with Crippen LogP contribution in [0.3, 0.4) is 0 Å². The Kier molecular flexibility index (Phi) is 6.31. The third-order valence-corrected chi connectivity index (χ3v) is 6.14. The summed E-state index contributed by atoms with van der Waals surface area (Å²) in [6.07, 6.45) is 3.59. The Morgan fingerprint density at radius 3 is 2.65 bits per heavy atom. The van der Waals surface area contributed by atoms with Crippen molar-refractivity contribution in [1.29, 1.82) is 0 Å². The highest BCUT2D eigenvalue weighted by Gasteiger charge is 2.35. The van der Waals surface area contributed by atoms with E-state index in [4.69, 9.17) is 25.6 Å². The highest BCUT2D eigenvalue weighted by atomic mass is 35.5. The molecular formula is C24H31ClN2O4. The number of carbonyl (C=O) groups excluding carboxylic acids is 1. The second-order valence-electron chi connectivity index (χ2n) is 9.61. The lowest BCUT2D eigenvalue weighted by molar-refractivity contribution is -0.0331. The molecule has 1 aromatic carbocycles. The van der Waals surface area contributed by atoms with E-state index in [-0.39, 0.29) is 18.2 Å². The van der Waals surface area contributed by atoms with Crippen LogP contribution in [0.25, 0.3) is 11.3 Å². The number of piperidine rings is 1. The molecule has 0 spiro atoms. The summed E-state index contributed by atoms with van der Waals surface area (Å²) in [4.78, 5) is 14.3. The highest BCUT2D eigenvalue weighted by Crippen LogP contribution is 2.45. The topological polar surface area (TPSA) is 64.8 Å². The molecule has 1 aromatic heterocycles. The number of carbonyl (C=O) groups is 1. The molecule has 0 radical (unpaired) electrons. The fraction of sp³-hybridized carbons (Fsp3) is 0.583. The van der Waals surface area contributed by atoms with Crippen molar-refractivity contribution < 1.29 is 18.8 Å². The molecule has 7 heteroatoms. The van der Waals surface area contributed by atoms with Gasteiger partial charge in [-0.1, -0.05) is 35.0 Å². The summed E-state index contributed by atoms with van der Waals surface area (Å²) in [7, 11) is 0. The Bertz CT molecular complexity index is 932. The van der Waals surface area contributed by atoms with Crippen molar-refractivity contribution in [3.8, 4) is 11.3 Å². The molecular weight excluding hydrogens is 416 g/mol. The van der Waals surface area contributed by atoms with E-state index in [9.17, 15) is 4.79 Å². The molecule has 1 amide bonds. The second kappa shape index (κ2) is 8.83. The minimum Gasteiger partial charge on any atom is -0.444 e. The van der Waals surface area contributed by atoms with Gasteiger partial charge in [0.25, 0.3) is 0 Å². The first-order valence-electron chi connectivity index (χ1n) is 11.1. The normalized spacial score (nSPS) is 21.9. The van der Waals surface area contributed by atoms with E-state index in [1.54, 1.807) is 4.90 Å². The van der Waals surface area contributed by atoms with Crippen LogP contribution in [-0.4, -0.2) is 40.4 Å². The number of likely N-dealkylation sites (tertiary alicyclic amines) is 1. The number of ether oxygens (including phenoxy) is 2. The van der Waals surface area contributed by atoms with E-state index in [0.717, 1.165) is 48.3 Å². The molecule has 2 aromatic rings. The number of halogens is 1. The van der Waals surface area contributed by atoms with Crippen molar-refractivity contribution in [3.63, 3.8) is 0 Å². The molecule has 1 aliphatic carbocycles. The smallest absolute Gasteiger partial charge is 0.410 e. The number of amides is 1. The molecule has 2 atom stereocenters. The number of hydrogen-bond donors (Lipinski definition) is 0. The van der Waals surface area contributed by atoms with Gasteiger partial charge in [0.2, 0.25) is 0 Å². The number of rotatable bonds is 5. The maximum absolute atomic E-state index is 12.5. The maximum atomic E-state index is 12.5. The molecule has 2 fully saturated rings. The molecule has 0 bridgehead atoms. The van der Waals surface area contributed by atoms with Crippen LogP contribution in [0.5, 0.6) is 0 Å². The molecule has 0 N–H and O–H groups in total. The van der Waals surface area contributed by atoms with Crippen molar-refractivity contribution in [1.82, 2.24) is 10.1 Å². The van der Waals surface area contributed by atoms with E-state index >= 15 is 0 Å². The van der Waals surface area contributed by atoms with Gasteiger partial charge in [-0.3, -0.25) is 0 Å². The number of benzene rings is 1. The van der Waals surface area contributed by atoms with Gasteiger partial charge in [0.05, 0.1) is 17.7 Å². The molecule has 31 heavy (non-hydrogen) atoms. The molecule has 2 heterocycles. The molecule has 1 aliphatic heterocycles. The van der Waals surface area contributed by atoms with Gasteiger partial charge in [0.1, 0.15) is 17.1 Å². The lowest BCUT2D eigenvalue weighted by Gasteiger charge is -2.38. The summed E-state index contributed by atoms with van der Waals surface area (Å²) in [5.74, 6) is 1.35. The Labute approximate surface area is 188 Å². The third-order valence-electron chi connectivity index (χ3n) is 5.82. The quantitative estimate of drug-likeness (QED) is 0.548. The summed E-state index contributed by atoms with van der Waals surface area (Å²) >= 11 is 6.42. The first kappa shape index (κ1) is 22.2. The van der Waals surface area contributed by atoms with E-state index in [1.165, 1.54) is 0 Å². The minimum atomic E-state index is -0.493. The van der Waals surface area contributed by atoms with Crippen LogP contribution in [0, 0.1) is 0 Å². The molecule has 6 nitrogen and oxygen atoms in total. The van der Waals surface area contributed by atoms with Gasteiger partial charge in [0.15, 0.2) is 0 Å². The SMILES string of the molecule is C[C@@H]1C[C@H](OCc2c(-c3ccccc3Cl)noc2C2CC2)CCN1C(=O)OC(C)(C)C. The fourth-order valence-corrected chi connectivity index (χ4v) is 4.29. The van der Waals surface area contributed by atoms with Crippen molar-refractivity contribution in [2.75, 3.05) is 6.54 Å². The van der Waals surface area contributed by atoms with Crippen molar-refractivity contribution in [3.05, 3.63) is 40.6 Å². The van der Waals surface area contributed by atoms with Gasteiger partial charge >= 0.3 is 6.09 Å². The third kappa shape index (κ3) is 5.24. The monoisotopic (exact) mass is 446 g/mol. The van der Waals surface area contributed by atoms with Gasteiger partial charge in [-0.2, -0.15) is 0 Å². The molecule has 168 valence electrons. The van der Waals surface area contributed by atoms with E-state index in [1.807, 2.05) is 52.0 Å². The van der Waals surface area contributed by atoms with Crippen molar-refractivity contribution >= 4 is 17.7 Å². The first-order valence-corrected chi connectivity index (χ1v) is 11.5. The average molecular weight is 447 g/mol. The fourth-order valence-electron chi connectivity index (χ4n) is 4.07. The van der Waals surface area contributed by atoms with Crippen LogP contribution >= 0.6 is 11.6 Å². The summed E-state index contributed by atoms with van der Waals surface area (Å²) in [5, 5.41) is 5.00. The van der Waals surface area contributed by atoms with E-state index < -0.39 is 5.60 Å². The number of hydrogen-bond acceptors (Lipinski definition) is 5. The summed E-state index contributed by atoms with van der Waals surface area (Å²) in [6, 6.07) is 7.74. The van der Waals surface area contributed by atoms with Crippen molar-refractivity contribution in [2.45, 2.75) is 83.6 Å². The lowest BCUT2D eigenvalue weighted by atomic mass is 10.0. The maximum Gasteiger partial charge on any atom is 0.410 e. The Hall–Kier alpha value is -2.05. The van der Waals surface area contributed by atoms with E-state index in [2.05, 4.69) is 5.16 Å². The van der Waals surface area contributed by atoms with Crippen LogP contribution in [-0.2, 0) is 16.1 Å². The van der Waals surface area contributed by atoms with Gasteiger partial charge in [-0.25, -0.2) is 4.79 Å². The minimum absolute atomic E-state index is 0.0574. The second-order valence-corrected chi connectivity index (χ2v) is 10.0. The van der Waals surface area contributed by atoms with E-state index in [0.29, 0.717) is 24.1 Å². The zero-order valence-electron chi connectivity index (χ0n) is 18.7. The Balaban J connectivity index is 1.43. The Morgan fingerprint density at radius 1 is 1.26 bits per heavy atom. The zero-order valence-corrected chi connectivity index (χ0v) is 19.4. The van der Waals surface area contributed by atoms with Gasteiger partial charge < -0.3 is 18.9 Å². The van der Waals surface area contributed by atoms with Gasteiger partial charge in [0, 0.05) is 29.6 Å². The predicted octanol–water partition coefficient (Wildman–Crippen LogP) is 6.18. The van der Waals surface area contributed by atoms with Crippen LogP contribution in [0.15, 0.2) is 28.8 Å². The average Bonchev–Trinajstić information content (AvgIpc) is 3.45. The predicted molar refractivity (Wildman–Crippen MR) is 119 cm³/mol. The molecule has 1 saturated heterocycles. The molecule has 1 saturated carbocycles. The van der Waals surface area contributed by atoms with Crippen LogP contribution in [0.2, 0.25) is 5.02 Å². The molecule has 2 aliphatic rings. The molecule has 0 unspecified atom stereocenters. The van der Waals surface area contributed by atoms with Crippen LogP contribution in [0.1, 0.15) is 70.6 Å². The van der Waals surface area contributed by atoms with Gasteiger partial charge in [-0.05, 0) is 59.4 Å². The molecule has 4 rings (SSSR count). The van der Waals surface area contributed by atoms with Crippen LogP contribution < -0.4 is 0 Å². The zero-order chi connectivity index (χ0) is 22.2. The Morgan fingerprint density at radius 2 is 2.00 bits per heavy atom. The first-order chi connectivity index (χ1) is 14.7. The standard InChI is InChI=1S/C24H31ClN2O4/c1-15-13-17(11-12-27(15)23(28)30-24(2,3)4)29-14-19-21(18-7-5-6-8-20(18)25)26-31-22(19)16-9-10-16/h5-8,15-17H,9-14H2,1-4H3/t15-,17-/m1/s1. The number of nitrogens with zero attached hydrogens (tertiary/aromatic N) is 2. The van der Waals surface area contributed by atoms with Crippen LogP contribution in [0.4, 0.5) is 4.79 Å². The van der Waals surface area contributed by atoms with Gasteiger partial charge in [-0.15, -0.1) is 0 Å². The summed E-state index contributed by atoms with van der Waals surface area (Å²) < 4.78 is 17.6.